The van der Waals surface area contributed by atoms with Gasteiger partial charge in [-0.1, -0.05) is 55.3 Å². The zero-order valence-corrected chi connectivity index (χ0v) is 15.1. The van der Waals surface area contributed by atoms with Crippen LogP contribution in [0.3, 0.4) is 0 Å². The molecule has 0 aliphatic carbocycles. The monoisotopic (exact) mass is 355 g/mol. The molecule has 0 aliphatic rings. The number of para-hydroxylation sites is 1. The number of aromatic nitrogens is 2. The Bertz CT molecular complexity index is 907. The highest BCUT2D eigenvalue weighted by atomic mass is 35.5. The van der Waals surface area contributed by atoms with E-state index in [-0.39, 0.29) is 5.56 Å². The Morgan fingerprint density at radius 1 is 1.08 bits per heavy atom. The summed E-state index contributed by atoms with van der Waals surface area (Å²) in [4.78, 5) is 22.1. The van der Waals surface area contributed by atoms with Crippen LogP contribution in [0.1, 0.15) is 31.2 Å². The van der Waals surface area contributed by atoms with Gasteiger partial charge in [0.15, 0.2) is 0 Å². The van der Waals surface area contributed by atoms with Gasteiger partial charge in [-0.15, -0.1) is 0 Å². The van der Waals surface area contributed by atoms with Crippen molar-refractivity contribution in [3.63, 3.8) is 0 Å². The van der Waals surface area contributed by atoms with Gasteiger partial charge < -0.3 is 4.98 Å². The highest BCUT2D eigenvalue weighted by Crippen LogP contribution is 2.18. The Kier molecular flexibility index (Phi) is 5.84. The third-order valence-electron chi connectivity index (χ3n) is 4.21. The zero-order chi connectivity index (χ0) is 17.6. The fourth-order valence-corrected chi connectivity index (χ4v) is 3.08. The van der Waals surface area contributed by atoms with Crippen molar-refractivity contribution in [2.24, 2.45) is 0 Å². The van der Waals surface area contributed by atoms with Crippen LogP contribution in [0, 0.1) is 0 Å². The van der Waals surface area contributed by atoms with Gasteiger partial charge in [-0.25, -0.2) is 4.98 Å². The minimum absolute atomic E-state index is 0.0891. The van der Waals surface area contributed by atoms with E-state index in [1.165, 1.54) is 0 Å². The molecule has 0 fully saturated rings. The second kappa shape index (κ2) is 8.28. The first-order chi connectivity index (χ1) is 12.2. The Hall–Kier alpha value is -2.17. The summed E-state index contributed by atoms with van der Waals surface area (Å²) in [6.07, 6.45) is 2.20. The first kappa shape index (κ1) is 17.6. The Morgan fingerprint density at radius 3 is 2.64 bits per heavy atom. The predicted molar refractivity (Wildman–Crippen MR) is 103 cm³/mol. The predicted octanol–water partition coefficient (Wildman–Crippen LogP) is 4.38. The number of benzene rings is 2. The minimum Gasteiger partial charge on any atom is -0.309 e. The molecule has 1 N–H and O–H groups in total. The number of rotatable bonds is 7. The van der Waals surface area contributed by atoms with Crippen molar-refractivity contribution in [3.05, 3.63) is 75.3 Å². The van der Waals surface area contributed by atoms with E-state index < -0.39 is 0 Å². The average molecular weight is 356 g/mol. The largest absolute Gasteiger partial charge is 0.309 e. The van der Waals surface area contributed by atoms with E-state index in [9.17, 15) is 4.79 Å². The van der Waals surface area contributed by atoms with Gasteiger partial charge in [-0.3, -0.25) is 9.69 Å². The highest BCUT2D eigenvalue weighted by Gasteiger charge is 2.11. The van der Waals surface area contributed by atoms with Crippen molar-refractivity contribution in [2.75, 3.05) is 6.54 Å². The maximum absolute atomic E-state index is 12.3. The highest BCUT2D eigenvalue weighted by molar-refractivity contribution is 6.31. The molecule has 3 aromatic rings. The van der Waals surface area contributed by atoms with Gasteiger partial charge in [0.2, 0.25) is 0 Å². The van der Waals surface area contributed by atoms with Gasteiger partial charge in [0.25, 0.3) is 5.56 Å². The molecule has 1 heterocycles. The molecule has 2 aromatic carbocycles. The SMILES string of the molecule is CCCCN(Cc1nc2ccccc2c(=O)[nH]1)Cc1ccccc1Cl. The number of nitrogens with one attached hydrogen (secondary N) is 1. The topological polar surface area (TPSA) is 49.0 Å². The fraction of sp³-hybridized carbons (Fsp3) is 0.300. The number of hydrogen-bond donors (Lipinski definition) is 1. The number of nitrogens with zero attached hydrogens (tertiary/aromatic N) is 2. The van der Waals surface area contributed by atoms with Crippen LogP contribution in [0.5, 0.6) is 0 Å². The normalized spacial score (nSPS) is 11.3. The van der Waals surface area contributed by atoms with Gasteiger partial charge in [-0.05, 0) is 36.7 Å². The lowest BCUT2D eigenvalue weighted by atomic mass is 10.2. The van der Waals surface area contributed by atoms with E-state index in [4.69, 9.17) is 11.6 Å². The lowest BCUT2D eigenvalue weighted by Gasteiger charge is -2.22. The summed E-state index contributed by atoms with van der Waals surface area (Å²) >= 11 is 6.31. The van der Waals surface area contributed by atoms with Crippen molar-refractivity contribution in [1.29, 1.82) is 0 Å². The van der Waals surface area contributed by atoms with E-state index in [0.717, 1.165) is 42.0 Å². The van der Waals surface area contributed by atoms with E-state index in [1.807, 2.05) is 42.5 Å². The molecular formula is C20H22ClN3O. The van der Waals surface area contributed by atoms with Crippen molar-refractivity contribution < 1.29 is 0 Å². The van der Waals surface area contributed by atoms with Gasteiger partial charge >= 0.3 is 0 Å². The van der Waals surface area contributed by atoms with Gasteiger partial charge in [-0.2, -0.15) is 0 Å². The molecule has 3 rings (SSSR count). The number of fused-ring (bicyclic) bond motifs is 1. The Balaban J connectivity index is 1.85. The van der Waals surface area contributed by atoms with Crippen molar-refractivity contribution in [2.45, 2.75) is 32.9 Å². The van der Waals surface area contributed by atoms with Crippen LogP contribution in [0.4, 0.5) is 0 Å². The maximum atomic E-state index is 12.3. The summed E-state index contributed by atoms with van der Waals surface area (Å²) in [5.41, 5.74) is 1.73. The van der Waals surface area contributed by atoms with Crippen LogP contribution in [0.15, 0.2) is 53.3 Å². The van der Waals surface area contributed by atoms with Crippen LogP contribution in [-0.2, 0) is 13.1 Å². The molecule has 0 amide bonds. The molecule has 0 radical (unpaired) electrons. The maximum Gasteiger partial charge on any atom is 0.258 e. The Morgan fingerprint density at radius 2 is 1.84 bits per heavy atom. The first-order valence-corrected chi connectivity index (χ1v) is 8.99. The molecule has 0 unspecified atom stereocenters. The molecule has 0 saturated heterocycles. The first-order valence-electron chi connectivity index (χ1n) is 8.61. The zero-order valence-electron chi connectivity index (χ0n) is 14.3. The molecule has 25 heavy (non-hydrogen) atoms. The number of halogens is 1. The van der Waals surface area contributed by atoms with Gasteiger partial charge in [0.1, 0.15) is 5.82 Å². The van der Waals surface area contributed by atoms with Crippen molar-refractivity contribution in [1.82, 2.24) is 14.9 Å². The fourth-order valence-electron chi connectivity index (χ4n) is 2.88. The molecule has 0 bridgehead atoms. The van der Waals surface area contributed by atoms with Gasteiger partial charge in [0, 0.05) is 11.6 Å². The number of aromatic amines is 1. The third kappa shape index (κ3) is 4.47. The third-order valence-corrected chi connectivity index (χ3v) is 4.58. The van der Waals surface area contributed by atoms with E-state index in [1.54, 1.807) is 6.07 Å². The molecule has 0 aliphatic heterocycles. The van der Waals surface area contributed by atoms with Crippen LogP contribution >= 0.6 is 11.6 Å². The van der Waals surface area contributed by atoms with Crippen molar-refractivity contribution in [3.8, 4) is 0 Å². The van der Waals surface area contributed by atoms with E-state index in [0.29, 0.717) is 17.8 Å². The van der Waals surface area contributed by atoms with E-state index in [2.05, 4.69) is 21.8 Å². The van der Waals surface area contributed by atoms with Gasteiger partial charge in [0.05, 0.1) is 17.4 Å². The van der Waals surface area contributed by atoms with Crippen LogP contribution in [0.25, 0.3) is 10.9 Å². The number of unbranched alkanes of at least 4 members (excludes halogenated alkanes) is 1. The summed E-state index contributed by atoms with van der Waals surface area (Å²) in [6.45, 7) is 4.42. The quantitative estimate of drug-likeness (QED) is 0.684. The minimum atomic E-state index is -0.0891. The summed E-state index contributed by atoms with van der Waals surface area (Å²) in [5, 5.41) is 1.39. The number of hydrogen-bond acceptors (Lipinski definition) is 3. The standard InChI is InChI=1S/C20H22ClN3O/c1-2-3-12-24(13-15-8-4-6-10-17(15)21)14-19-22-18-11-7-5-9-16(18)20(25)23-19/h4-11H,2-3,12-14H2,1H3,(H,22,23,25). The summed E-state index contributed by atoms with van der Waals surface area (Å²) in [6, 6.07) is 15.3. The second-order valence-corrected chi connectivity index (χ2v) is 6.59. The summed E-state index contributed by atoms with van der Waals surface area (Å²) < 4.78 is 0. The summed E-state index contributed by atoms with van der Waals surface area (Å²) in [7, 11) is 0. The molecule has 5 heteroatoms. The Labute approximate surface area is 152 Å². The molecule has 0 saturated carbocycles. The smallest absolute Gasteiger partial charge is 0.258 e. The van der Waals surface area contributed by atoms with Crippen LogP contribution in [-0.4, -0.2) is 21.4 Å². The molecule has 0 spiro atoms. The average Bonchev–Trinajstić information content (AvgIpc) is 2.61. The molecular weight excluding hydrogens is 334 g/mol. The molecule has 4 nitrogen and oxygen atoms in total. The van der Waals surface area contributed by atoms with Crippen LogP contribution < -0.4 is 5.56 Å². The van der Waals surface area contributed by atoms with E-state index >= 15 is 0 Å². The second-order valence-electron chi connectivity index (χ2n) is 6.19. The molecule has 130 valence electrons. The summed E-state index contributed by atoms with van der Waals surface area (Å²) in [5.74, 6) is 0.687. The van der Waals surface area contributed by atoms with Crippen LogP contribution in [0.2, 0.25) is 5.02 Å². The lowest BCUT2D eigenvalue weighted by molar-refractivity contribution is 0.246. The van der Waals surface area contributed by atoms with Crippen molar-refractivity contribution >= 4 is 22.5 Å². The molecule has 1 aromatic heterocycles. The molecule has 0 atom stereocenters. The lowest BCUT2D eigenvalue weighted by Crippen LogP contribution is -2.26. The number of H-pyrrole nitrogens is 1.